The number of amides is 1. The normalized spacial score (nSPS) is 17.5. The number of rotatable bonds is 4. The van der Waals surface area contributed by atoms with Gasteiger partial charge >= 0.3 is 0 Å². The van der Waals surface area contributed by atoms with Crippen LogP contribution in [-0.4, -0.2) is 18.2 Å². The number of halogens is 1. The van der Waals surface area contributed by atoms with Crippen LogP contribution >= 0.6 is 11.6 Å². The maximum atomic E-state index is 13.0. The minimum Gasteiger partial charge on any atom is -0.304 e. The number of Topliss-reactive ketones (excluding diaryl/α,β-unsaturated/α-hetero) is 1. The lowest BCUT2D eigenvalue weighted by molar-refractivity contribution is -0.118. The average Bonchev–Trinajstić information content (AvgIpc) is 3.05. The first-order valence-electron chi connectivity index (χ1n) is 9.56. The van der Waals surface area contributed by atoms with Crippen molar-refractivity contribution in [2.45, 2.75) is 32.6 Å². The van der Waals surface area contributed by atoms with Crippen molar-refractivity contribution in [2.75, 3.05) is 11.4 Å². The third-order valence-electron chi connectivity index (χ3n) is 5.73. The van der Waals surface area contributed by atoms with Gasteiger partial charge in [-0.1, -0.05) is 48.9 Å². The summed E-state index contributed by atoms with van der Waals surface area (Å²) in [5, 5.41) is 0.713. The molecule has 1 unspecified atom stereocenters. The Balaban J connectivity index is 1.67. The fourth-order valence-electron chi connectivity index (χ4n) is 3.93. The first-order valence-corrected chi connectivity index (χ1v) is 9.94. The largest absolute Gasteiger partial charge is 0.304 e. The van der Waals surface area contributed by atoms with Crippen LogP contribution in [0.3, 0.4) is 0 Å². The Bertz CT molecular complexity index is 1000. The highest BCUT2D eigenvalue weighted by Gasteiger charge is 2.35. The van der Waals surface area contributed by atoms with Gasteiger partial charge in [-0.2, -0.15) is 0 Å². The summed E-state index contributed by atoms with van der Waals surface area (Å²) in [5.41, 5.74) is 6.12. The quantitative estimate of drug-likeness (QED) is 0.684. The number of nitrogens with zero attached hydrogens (tertiary/aromatic N) is 1. The van der Waals surface area contributed by atoms with Crippen molar-refractivity contribution in [3.05, 3.63) is 81.9 Å². The number of fused-ring (bicyclic) bond motifs is 1. The zero-order valence-electron chi connectivity index (χ0n) is 16.0. The van der Waals surface area contributed by atoms with E-state index in [1.54, 1.807) is 6.92 Å². The first kappa shape index (κ1) is 18.7. The summed E-state index contributed by atoms with van der Waals surface area (Å²) < 4.78 is 0. The third kappa shape index (κ3) is 3.31. The second kappa shape index (κ2) is 7.40. The third-order valence-corrected chi connectivity index (χ3v) is 5.98. The molecule has 0 saturated carbocycles. The van der Waals surface area contributed by atoms with Gasteiger partial charge < -0.3 is 4.90 Å². The number of benzene rings is 2. The smallest absolute Gasteiger partial charge is 0.258 e. The number of carbonyl (C=O) groups excluding carboxylic acids is 2. The molecule has 0 bridgehead atoms. The van der Waals surface area contributed by atoms with Crippen LogP contribution in [0.15, 0.2) is 65.8 Å². The van der Waals surface area contributed by atoms with Gasteiger partial charge in [0.15, 0.2) is 0 Å². The van der Waals surface area contributed by atoms with Crippen LogP contribution in [0, 0.1) is 0 Å². The Labute approximate surface area is 170 Å². The van der Waals surface area contributed by atoms with Crippen molar-refractivity contribution in [3.63, 3.8) is 0 Å². The Morgan fingerprint density at radius 3 is 2.36 bits per heavy atom. The van der Waals surface area contributed by atoms with Crippen molar-refractivity contribution in [1.82, 2.24) is 0 Å². The molecular weight excluding hydrogens is 370 g/mol. The summed E-state index contributed by atoms with van der Waals surface area (Å²) in [6, 6.07) is 15.6. The second-order valence-electron chi connectivity index (χ2n) is 7.44. The summed E-state index contributed by atoms with van der Waals surface area (Å²) in [4.78, 5) is 26.5. The standard InChI is InChI=1S/C24H22ClNO2/c1-15(16(2)27)17-8-12-20(13-9-17)26-14-23-21(4-3-5-22(23)24(26)28)18-6-10-19(25)11-7-18/h5-13,15H,3-4,14H2,1-2H3. The summed E-state index contributed by atoms with van der Waals surface area (Å²) >= 11 is 6.03. The number of anilines is 1. The van der Waals surface area contributed by atoms with Gasteiger partial charge in [0.2, 0.25) is 0 Å². The molecule has 0 spiro atoms. The van der Waals surface area contributed by atoms with Crippen molar-refractivity contribution < 1.29 is 9.59 Å². The van der Waals surface area contributed by atoms with E-state index in [1.807, 2.05) is 60.4 Å². The number of allylic oxidation sites excluding steroid dienone is 2. The number of ketones is 1. The summed E-state index contributed by atoms with van der Waals surface area (Å²) in [6.45, 7) is 4.08. The van der Waals surface area contributed by atoms with Crippen molar-refractivity contribution in [2.24, 2.45) is 0 Å². The van der Waals surface area contributed by atoms with E-state index in [4.69, 9.17) is 11.6 Å². The Hall–Kier alpha value is -2.65. The fourth-order valence-corrected chi connectivity index (χ4v) is 4.05. The zero-order chi connectivity index (χ0) is 19.8. The topological polar surface area (TPSA) is 37.4 Å². The summed E-state index contributed by atoms with van der Waals surface area (Å²) in [6.07, 6.45) is 3.85. The molecule has 1 amide bonds. The van der Waals surface area contributed by atoms with Crippen molar-refractivity contribution >= 4 is 34.6 Å². The molecule has 1 saturated heterocycles. The minimum absolute atomic E-state index is 0.0496. The van der Waals surface area contributed by atoms with Crippen LogP contribution in [0.2, 0.25) is 5.02 Å². The average molecular weight is 392 g/mol. The monoisotopic (exact) mass is 391 g/mol. The van der Waals surface area contributed by atoms with Gasteiger partial charge in [0.1, 0.15) is 5.78 Å². The Kier molecular flexibility index (Phi) is 4.94. The van der Waals surface area contributed by atoms with Crippen LogP contribution < -0.4 is 4.90 Å². The van der Waals surface area contributed by atoms with Gasteiger partial charge in [-0.15, -0.1) is 0 Å². The minimum atomic E-state index is -0.132. The SMILES string of the molecule is CC(=O)C(C)c1ccc(N2CC3=C(c4ccc(Cl)cc4)CCC=C3C2=O)cc1. The van der Waals surface area contributed by atoms with E-state index in [2.05, 4.69) is 6.08 Å². The van der Waals surface area contributed by atoms with Crippen molar-refractivity contribution in [3.8, 4) is 0 Å². The zero-order valence-corrected chi connectivity index (χ0v) is 16.8. The molecule has 4 rings (SSSR count). The van der Waals surface area contributed by atoms with E-state index in [0.29, 0.717) is 11.6 Å². The Morgan fingerprint density at radius 1 is 1.04 bits per heavy atom. The van der Waals surface area contributed by atoms with Crippen LogP contribution in [0.4, 0.5) is 5.69 Å². The molecule has 3 nitrogen and oxygen atoms in total. The second-order valence-corrected chi connectivity index (χ2v) is 7.87. The predicted octanol–water partition coefficient (Wildman–Crippen LogP) is 5.55. The lowest BCUT2D eigenvalue weighted by atomic mass is 9.88. The molecule has 142 valence electrons. The van der Waals surface area contributed by atoms with Crippen molar-refractivity contribution in [1.29, 1.82) is 0 Å². The highest BCUT2D eigenvalue weighted by Crippen LogP contribution is 2.39. The highest BCUT2D eigenvalue weighted by molar-refractivity contribution is 6.30. The van der Waals surface area contributed by atoms with Gasteiger partial charge in [-0.25, -0.2) is 0 Å². The van der Waals surface area contributed by atoms with E-state index in [0.717, 1.165) is 40.8 Å². The number of hydrogen-bond donors (Lipinski definition) is 0. The van der Waals surface area contributed by atoms with E-state index in [9.17, 15) is 9.59 Å². The lowest BCUT2D eigenvalue weighted by Crippen LogP contribution is -2.24. The molecule has 2 aromatic carbocycles. The maximum Gasteiger partial charge on any atom is 0.258 e. The maximum absolute atomic E-state index is 13.0. The molecule has 1 aliphatic carbocycles. The molecule has 4 heteroatoms. The molecule has 0 radical (unpaired) electrons. The van der Waals surface area contributed by atoms with Gasteiger partial charge in [0.25, 0.3) is 5.91 Å². The summed E-state index contributed by atoms with van der Waals surface area (Å²) in [5.74, 6) is 0.0558. The van der Waals surface area contributed by atoms with E-state index in [-0.39, 0.29) is 17.6 Å². The highest BCUT2D eigenvalue weighted by atomic mass is 35.5. The van der Waals surface area contributed by atoms with E-state index >= 15 is 0 Å². The molecule has 0 aromatic heterocycles. The molecular formula is C24H22ClNO2. The number of carbonyl (C=O) groups is 2. The fraction of sp³-hybridized carbons (Fsp3) is 0.250. The molecule has 1 heterocycles. The van der Waals surface area contributed by atoms with Gasteiger partial charge in [0, 0.05) is 22.2 Å². The number of hydrogen-bond acceptors (Lipinski definition) is 2. The van der Waals surface area contributed by atoms with Gasteiger partial charge in [-0.3, -0.25) is 9.59 Å². The lowest BCUT2D eigenvalue weighted by Gasteiger charge is -2.17. The van der Waals surface area contributed by atoms with Crippen LogP contribution in [0.5, 0.6) is 0 Å². The first-order chi connectivity index (χ1) is 13.5. The molecule has 28 heavy (non-hydrogen) atoms. The van der Waals surface area contributed by atoms with E-state index in [1.165, 1.54) is 5.57 Å². The van der Waals surface area contributed by atoms with Crippen LogP contribution in [-0.2, 0) is 9.59 Å². The summed E-state index contributed by atoms with van der Waals surface area (Å²) in [7, 11) is 0. The van der Waals surface area contributed by atoms with Crippen LogP contribution in [0.1, 0.15) is 43.7 Å². The van der Waals surface area contributed by atoms with Crippen LogP contribution in [0.25, 0.3) is 5.57 Å². The molecule has 2 aliphatic rings. The molecule has 2 aromatic rings. The van der Waals surface area contributed by atoms with Gasteiger partial charge in [-0.05, 0) is 66.3 Å². The van der Waals surface area contributed by atoms with E-state index < -0.39 is 0 Å². The van der Waals surface area contributed by atoms with Gasteiger partial charge in [0.05, 0.1) is 6.54 Å². The molecule has 1 atom stereocenters. The molecule has 1 aliphatic heterocycles. The molecule has 0 N–H and O–H groups in total. The Morgan fingerprint density at radius 2 is 1.71 bits per heavy atom. The predicted molar refractivity (Wildman–Crippen MR) is 114 cm³/mol. The molecule has 1 fully saturated rings.